The Kier molecular flexibility index (Phi) is 8.98. The molecule has 1 aliphatic heterocycles. The highest BCUT2D eigenvalue weighted by Gasteiger charge is 2.43. The van der Waals surface area contributed by atoms with Gasteiger partial charge in [0.25, 0.3) is 11.8 Å². The molecule has 2 unspecified atom stereocenters. The molecule has 2 atom stereocenters. The Labute approximate surface area is 226 Å². The molecule has 1 aliphatic rings. The Morgan fingerprint density at radius 3 is 2.47 bits per heavy atom. The number of nitrogens with two attached hydrogens (primary N) is 1. The number of carbonyl (C=O) groups is 3. The van der Waals surface area contributed by atoms with Crippen LogP contribution in [0.25, 0.3) is 0 Å². The Morgan fingerprint density at radius 2 is 1.79 bits per heavy atom. The van der Waals surface area contributed by atoms with Gasteiger partial charge in [0.05, 0.1) is 25.1 Å². The molecule has 3 aromatic rings. The van der Waals surface area contributed by atoms with Crippen molar-refractivity contribution in [3.05, 3.63) is 82.0 Å². The van der Waals surface area contributed by atoms with Gasteiger partial charge in [0.1, 0.15) is 17.5 Å². The highest BCUT2D eigenvalue weighted by molar-refractivity contribution is 7.12. The van der Waals surface area contributed by atoms with Crippen LogP contribution in [-0.2, 0) is 11.3 Å². The molecule has 38 heavy (non-hydrogen) atoms. The number of rotatable bonds is 10. The number of nitrogens with zero attached hydrogens (tertiary/aromatic N) is 2. The van der Waals surface area contributed by atoms with Gasteiger partial charge in [-0.15, -0.1) is 11.3 Å². The maximum Gasteiger partial charge on any atom is 0.264 e. The lowest BCUT2D eigenvalue weighted by Crippen LogP contribution is -2.47. The average Bonchev–Trinajstić information content (AvgIpc) is 3.65. The zero-order valence-electron chi connectivity index (χ0n) is 21.5. The maximum atomic E-state index is 13.7. The molecule has 1 fully saturated rings. The molecule has 0 saturated carbocycles. The van der Waals surface area contributed by atoms with Gasteiger partial charge in [-0.3, -0.25) is 14.4 Å². The minimum Gasteiger partial charge on any atom is -0.497 e. The third-order valence-electron chi connectivity index (χ3n) is 6.52. The molecule has 0 bridgehead atoms. The highest BCUT2D eigenvalue weighted by Crippen LogP contribution is 2.29. The quantitative estimate of drug-likeness (QED) is 0.412. The minimum absolute atomic E-state index is 0.149. The molecule has 1 aromatic heterocycles. The van der Waals surface area contributed by atoms with Crippen molar-refractivity contribution in [3.63, 3.8) is 0 Å². The van der Waals surface area contributed by atoms with Crippen LogP contribution in [0.15, 0.2) is 66.0 Å². The summed E-state index contributed by atoms with van der Waals surface area (Å²) in [4.78, 5) is 44.4. The summed E-state index contributed by atoms with van der Waals surface area (Å²) in [5.41, 5.74) is 6.89. The van der Waals surface area contributed by atoms with Crippen LogP contribution in [0, 0.1) is 0 Å². The molecule has 4 rings (SSSR count). The summed E-state index contributed by atoms with van der Waals surface area (Å²) in [5, 5.41) is 4.67. The van der Waals surface area contributed by atoms with Crippen molar-refractivity contribution in [3.8, 4) is 11.5 Å². The van der Waals surface area contributed by atoms with Gasteiger partial charge in [-0.1, -0.05) is 24.3 Å². The first-order valence-corrected chi connectivity index (χ1v) is 13.2. The van der Waals surface area contributed by atoms with Crippen molar-refractivity contribution in [1.29, 1.82) is 0 Å². The molecule has 0 spiro atoms. The molecule has 3 amide bonds. The zero-order valence-corrected chi connectivity index (χ0v) is 22.3. The summed E-state index contributed by atoms with van der Waals surface area (Å²) in [6, 6.07) is 16.8. The molecule has 9 nitrogen and oxygen atoms in total. The van der Waals surface area contributed by atoms with Crippen LogP contribution in [0.3, 0.4) is 0 Å². The number of methoxy groups -OCH3 is 2. The first-order valence-electron chi connectivity index (χ1n) is 12.3. The second-order valence-electron chi connectivity index (χ2n) is 8.94. The smallest absolute Gasteiger partial charge is 0.264 e. The lowest BCUT2D eigenvalue weighted by Gasteiger charge is -2.29. The Balaban J connectivity index is 1.67. The first-order chi connectivity index (χ1) is 18.4. The van der Waals surface area contributed by atoms with E-state index in [1.165, 1.54) is 18.4 Å². The van der Waals surface area contributed by atoms with Crippen molar-refractivity contribution >= 4 is 29.1 Å². The predicted octanol–water partition coefficient (Wildman–Crippen LogP) is 2.77. The van der Waals surface area contributed by atoms with E-state index in [0.717, 1.165) is 5.56 Å². The molecule has 2 heterocycles. The fourth-order valence-corrected chi connectivity index (χ4v) is 5.30. The number of hydrogen-bond donors (Lipinski definition) is 2. The van der Waals surface area contributed by atoms with E-state index in [0.29, 0.717) is 41.4 Å². The van der Waals surface area contributed by atoms with Crippen molar-refractivity contribution in [2.75, 3.05) is 33.9 Å². The van der Waals surface area contributed by atoms with Crippen molar-refractivity contribution in [2.45, 2.75) is 25.0 Å². The van der Waals surface area contributed by atoms with Crippen LogP contribution >= 0.6 is 11.3 Å². The van der Waals surface area contributed by atoms with Gasteiger partial charge in [-0.05, 0) is 53.8 Å². The van der Waals surface area contributed by atoms with Gasteiger partial charge in [0.15, 0.2) is 0 Å². The van der Waals surface area contributed by atoms with E-state index in [1.54, 1.807) is 47.2 Å². The van der Waals surface area contributed by atoms with E-state index in [9.17, 15) is 14.4 Å². The summed E-state index contributed by atoms with van der Waals surface area (Å²) in [7, 11) is 3.13. The molecular formula is C28H32N4O5S. The largest absolute Gasteiger partial charge is 0.497 e. The fraction of sp³-hybridized carbons (Fsp3) is 0.321. The summed E-state index contributed by atoms with van der Waals surface area (Å²) >= 11 is 1.36. The molecule has 1 saturated heterocycles. The van der Waals surface area contributed by atoms with Gasteiger partial charge in [-0.2, -0.15) is 0 Å². The third kappa shape index (κ3) is 6.15. The number of carbonyl (C=O) groups excluding carboxylic acids is 3. The Hall–Kier alpha value is -3.89. The second kappa shape index (κ2) is 12.6. The molecule has 200 valence electrons. The molecule has 3 N–H and O–H groups in total. The van der Waals surface area contributed by atoms with E-state index in [2.05, 4.69) is 5.32 Å². The third-order valence-corrected chi connectivity index (χ3v) is 7.38. The van der Waals surface area contributed by atoms with Crippen molar-refractivity contribution in [1.82, 2.24) is 15.1 Å². The van der Waals surface area contributed by atoms with Crippen molar-refractivity contribution < 1.29 is 23.9 Å². The van der Waals surface area contributed by atoms with Gasteiger partial charge in [0, 0.05) is 31.7 Å². The number of nitrogens with one attached hydrogen (secondary N) is 1. The van der Waals surface area contributed by atoms with E-state index >= 15 is 0 Å². The van der Waals surface area contributed by atoms with Crippen LogP contribution in [0.1, 0.15) is 32.0 Å². The summed E-state index contributed by atoms with van der Waals surface area (Å²) < 4.78 is 10.7. The lowest BCUT2D eigenvalue weighted by molar-refractivity contribution is -0.124. The van der Waals surface area contributed by atoms with E-state index < -0.39 is 6.04 Å². The topological polar surface area (TPSA) is 114 Å². The van der Waals surface area contributed by atoms with Gasteiger partial charge in [0.2, 0.25) is 5.91 Å². The van der Waals surface area contributed by atoms with Gasteiger partial charge in [-0.25, -0.2) is 0 Å². The fourth-order valence-electron chi connectivity index (χ4n) is 4.62. The van der Waals surface area contributed by atoms with Crippen LogP contribution < -0.4 is 20.5 Å². The average molecular weight is 537 g/mol. The summed E-state index contributed by atoms with van der Waals surface area (Å²) in [5.74, 6) is 0.488. The number of thiophene rings is 1. The van der Waals surface area contributed by atoms with E-state index in [-0.39, 0.29) is 36.9 Å². The SMILES string of the molecule is COc1cccc(CN(C(=O)c2cccs2)C2CC(C(=O)NCCN)N(C(=O)c3cccc(OC)c3)C2)c1. The van der Waals surface area contributed by atoms with Crippen LogP contribution in [0.4, 0.5) is 0 Å². The zero-order chi connectivity index (χ0) is 27.1. The number of benzene rings is 2. The van der Waals surface area contributed by atoms with Crippen molar-refractivity contribution in [2.24, 2.45) is 5.73 Å². The molecule has 0 radical (unpaired) electrons. The normalized spacial score (nSPS) is 16.7. The second-order valence-corrected chi connectivity index (χ2v) is 9.88. The number of likely N-dealkylation sites (tertiary alicyclic amines) is 1. The van der Waals surface area contributed by atoms with Gasteiger partial charge < -0.3 is 30.3 Å². The Morgan fingerprint density at radius 1 is 1.05 bits per heavy atom. The standard InChI is InChI=1S/C28H32N4O5S/c1-36-22-8-3-6-19(14-22)17-31(28(35)25-10-5-13-38-25)21-16-24(26(33)30-12-11-29)32(18-21)27(34)20-7-4-9-23(15-20)37-2/h3-10,13-15,21,24H,11-12,16-18,29H2,1-2H3,(H,30,33). The molecule has 0 aliphatic carbocycles. The van der Waals surface area contributed by atoms with E-state index in [4.69, 9.17) is 15.2 Å². The van der Waals surface area contributed by atoms with E-state index in [1.807, 2.05) is 35.7 Å². The first kappa shape index (κ1) is 27.2. The number of amides is 3. The Bertz CT molecular complexity index is 1270. The summed E-state index contributed by atoms with van der Waals surface area (Å²) in [6.07, 6.45) is 0.299. The lowest BCUT2D eigenvalue weighted by atomic mass is 10.1. The van der Waals surface area contributed by atoms with Crippen LogP contribution in [0.2, 0.25) is 0 Å². The van der Waals surface area contributed by atoms with Gasteiger partial charge >= 0.3 is 0 Å². The molecule has 10 heteroatoms. The monoisotopic (exact) mass is 536 g/mol. The summed E-state index contributed by atoms with van der Waals surface area (Å²) in [6.45, 7) is 1.09. The molecular weight excluding hydrogens is 504 g/mol. The van der Waals surface area contributed by atoms with Crippen LogP contribution in [-0.4, -0.2) is 73.5 Å². The minimum atomic E-state index is -0.755. The molecule has 2 aromatic carbocycles. The highest BCUT2D eigenvalue weighted by atomic mass is 32.1. The number of hydrogen-bond acceptors (Lipinski definition) is 7. The number of ether oxygens (including phenoxy) is 2. The predicted molar refractivity (Wildman–Crippen MR) is 145 cm³/mol. The van der Waals surface area contributed by atoms with Crippen LogP contribution in [0.5, 0.6) is 11.5 Å². The maximum absolute atomic E-state index is 13.7.